The van der Waals surface area contributed by atoms with Crippen LogP contribution < -0.4 is 10.8 Å². The van der Waals surface area contributed by atoms with E-state index in [2.05, 4.69) is 27.9 Å². The van der Waals surface area contributed by atoms with E-state index in [-0.39, 0.29) is 24.7 Å². The fourth-order valence-electron chi connectivity index (χ4n) is 3.88. The molecule has 0 bridgehead atoms. The highest BCUT2D eigenvalue weighted by molar-refractivity contribution is 14.1. The second-order valence-electron chi connectivity index (χ2n) is 8.02. The van der Waals surface area contributed by atoms with E-state index in [0.717, 1.165) is 14.9 Å². The minimum atomic E-state index is -2.01. The summed E-state index contributed by atoms with van der Waals surface area (Å²) in [7, 11) is 0. The molecule has 31 heavy (non-hydrogen) atoms. The van der Waals surface area contributed by atoms with Crippen molar-refractivity contribution in [1.82, 2.24) is 15.7 Å². The molecule has 0 spiro atoms. The SMILES string of the molecule is CSCCNC(=O)[C@H](Cc1ccc(I)cc1)N1CC(C)C[C@](O)([C@H](C)C(=O)NO)C1=O. The Morgan fingerprint density at radius 1 is 1.32 bits per heavy atom. The lowest BCUT2D eigenvalue weighted by atomic mass is 9.76. The highest BCUT2D eigenvalue weighted by atomic mass is 127. The Kier molecular flexibility index (Phi) is 9.59. The minimum absolute atomic E-state index is 0.0707. The predicted molar refractivity (Wildman–Crippen MR) is 128 cm³/mol. The van der Waals surface area contributed by atoms with Crippen molar-refractivity contribution in [1.29, 1.82) is 0 Å². The van der Waals surface area contributed by atoms with Crippen LogP contribution >= 0.6 is 34.4 Å². The van der Waals surface area contributed by atoms with E-state index in [9.17, 15) is 19.5 Å². The normalized spacial score (nSPS) is 23.2. The van der Waals surface area contributed by atoms with Gasteiger partial charge in [0, 0.05) is 28.8 Å². The van der Waals surface area contributed by atoms with Crippen LogP contribution in [0.1, 0.15) is 25.8 Å². The lowest BCUT2D eigenvalue weighted by Crippen LogP contribution is -2.65. The maximum absolute atomic E-state index is 13.4. The van der Waals surface area contributed by atoms with Gasteiger partial charge in [0.1, 0.15) is 6.04 Å². The molecule has 10 heteroatoms. The highest BCUT2D eigenvalue weighted by Gasteiger charge is 2.53. The molecule has 2 rings (SSSR count). The molecule has 1 aliphatic rings. The summed E-state index contributed by atoms with van der Waals surface area (Å²) in [6.07, 6.45) is 2.30. The number of halogens is 1. The van der Waals surface area contributed by atoms with Crippen LogP contribution in [-0.2, 0) is 20.8 Å². The molecule has 1 heterocycles. The van der Waals surface area contributed by atoms with Gasteiger partial charge in [-0.1, -0.05) is 26.0 Å². The van der Waals surface area contributed by atoms with Crippen molar-refractivity contribution in [3.8, 4) is 0 Å². The zero-order valence-corrected chi connectivity index (χ0v) is 20.9. The van der Waals surface area contributed by atoms with Crippen LogP contribution in [0.15, 0.2) is 24.3 Å². The van der Waals surface area contributed by atoms with Crippen molar-refractivity contribution in [2.45, 2.75) is 38.3 Å². The smallest absolute Gasteiger partial charge is 0.256 e. The van der Waals surface area contributed by atoms with Gasteiger partial charge in [0.05, 0.1) is 5.92 Å². The molecule has 1 unspecified atom stereocenters. The fourth-order valence-corrected chi connectivity index (χ4v) is 4.54. The second-order valence-corrected chi connectivity index (χ2v) is 10.3. The first-order chi connectivity index (χ1) is 14.6. The molecule has 0 radical (unpaired) electrons. The molecular weight excluding hydrogens is 533 g/mol. The monoisotopic (exact) mass is 563 g/mol. The molecular formula is C21H30IN3O5S. The van der Waals surface area contributed by atoms with Crippen LogP contribution in [0.25, 0.3) is 0 Å². The Morgan fingerprint density at radius 2 is 1.97 bits per heavy atom. The number of hydrogen-bond acceptors (Lipinski definition) is 6. The van der Waals surface area contributed by atoms with Crippen LogP contribution in [-0.4, -0.2) is 69.7 Å². The minimum Gasteiger partial charge on any atom is -0.379 e. The molecule has 1 fully saturated rings. The van der Waals surface area contributed by atoms with Gasteiger partial charge < -0.3 is 15.3 Å². The Labute approximate surface area is 200 Å². The van der Waals surface area contributed by atoms with E-state index in [4.69, 9.17) is 5.21 Å². The van der Waals surface area contributed by atoms with Crippen LogP contribution in [0.4, 0.5) is 0 Å². The highest BCUT2D eigenvalue weighted by Crippen LogP contribution is 2.34. The van der Waals surface area contributed by atoms with Crippen LogP contribution in [0, 0.1) is 15.4 Å². The number of carbonyl (C=O) groups is 3. The maximum Gasteiger partial charge on any atom is 0.256 e. The van der Waals surface area contributed by atoms with E-state index in [1.54, 1.807) is 11.8 Å². The molecule has 172 valence electrons. The van der Waals surface area contributed by atoms with Gasteiger partial charge >= 0.3 is 0 Å². The molecule has 1 aliphatic heterocycles. The zero-order valence-electron chi connectivity index (χ0n) is 17.9. The van der Waals surface area contributed by atoms with E-state index in [0.29, 0.717) is 13.1 Å². The average molecular weight is 563 g/mol. The maximum atomic E-state index is 13.4. The first kappa shape index (κ1) is 25.9. The number of aliphatic hydroxyl groups is 1. The van der Waals surface area contributed by atoms with Crippen LogP contribution in [0.2, 0.25) is 0 Å². The van der Waals surface area contributed by atoms with Gasteiger partial charge in [0.15, 0.2) is 5.60 Å². The lowest BCUT2D eigenvalue weighted by molar-refractivity contribution is -0.176. The third-order valence-electron chi connectivity index (χ3n) is 5.65. The van der Waals surface area contributed by atoms with Gasteiger partial charge in [0.2, 0.25) is 11.8 Å². The van der Waals surface area contributed by atoms with E-state index in [1.807, 2.05) is 37.4 Å². The van der Waals surface area contributed by atoms with Crippen molar-refractivity contribution in [3.05, 3.63) is 33.4 Å². The molecule has 1 aromatic carbocycles. The predicted octanol–water partition coefficient (Wildman–Crippen LogP) is 1.42. The third-order valence-corrected chi connectivity index (χ3v) is 6.98. The summed E-state index contributed by atoms with van der Waals surface area (Å²) in [5.41, 5.74) is 0.401. The van der Waals surface area contributed by atoms with Crippen molar-refractivity contribution < 1.29 is 24.7 Å². The topological polar surface area (TPSA) is 119 Å². The van der Waals surface area contributed by atoms with Crippen molar-refractivity contribution in [2.24, 2.45) is 11.8 Å². The number of piperidine rings is 1. The summed E-state index contributed by atoms with van der Waals surface area (Å²) in [6, 6.07) is 6.87. The van der Waals surface area contributed by atoms with E-state index >= 15 is 0 Å². The Morgan fingerprint density at radius 3 is 2.55 bits per heavy atom. The van der Waals surface area contributed by atoms with Gasteiger partial charge in [-0.05, 0) is 58.9 Å². The van der Waals surface area contributed by atoms with E-state index < -0.39 is 29.4 Å². The molecule has 4 N–H and O–H groups in total. The number of amides is 3. The Bertz CT molecular complexity index is 794. The van der Waals surface area contributed by atoms with Gasteiger partial charge in [-0.25, -0.2) is 5.48 Å². The van der Waals surface area contributed by atoms with Crippen molar-refractivity contribution in [2.75, 3.05) is 25.1 Å². The number of nitrogens with zero attached hydrogens (tertiary/aromatic N) is 1. The molecule has 0 aromatic heterocycles. The molecule has 1 aromatic rings. The molecule has 0 aliphatic carbocycles. The third kappa shape index (κ3) is 6.33. The standard InChI is InChI=1S/C21H30IN3O5S/c1-13-11-21(29,14(2)18(26)24-30)20(28)25(12-13)17(19(27)23-8-9-31-3)10-15-4-6-16(22)7-5-15/h4-7,13-14,17,29-30H,8-12H2,1-3H3,(H,23,27)(H,24,26)/t13?,14-,17+,21+/m1/s1. The van der Waals surface area contributed by atoms with Gasteiger partial charge in [0.25, 0.3) is 5.91 Å². The first-order valence-electron chi connectivity index (χ1n) is 10.1. The van der Waals surface area contributed by atoms with Crippen LogP contribution in [0.5, 0.6) is 0 Å². The molecule has 0 saturated carbocycles. The van der Waals surface area contributed by atoms with Gasteiger partial charge in [-0.15, -0.1) is 0 Å². The summed E-state index contributed by atoms with van der Waals surface area (Å²) in [6.45, 7) is 4.02. The number of rotatable bonds is 9. The quantitative estimate of drug-likeness (QED) is 0.156. The second kappa shape index (κ2) is 11.5. The Hall–Kier alpha value is -1.37. The summed E-state index contributed by atoms with van der Waals surface area (Å²) >= 11 is 3.80. The number of nitrogens with one attached hydrogen (secondary N) is 2. The number of hydrogen-bond donors (Lipinski definition) is 4. The number of hydroxylamine groups is 1. The Balaban J connectivity index is 2.37. The van der Waals surface area contributed by atoms with Gasteiger partial charge in [-0.2, -0.15) is 11.8 Å². The number of carbonyl (C=O) groups excluding carboxylic acids is 3. The van der Waals surface area contributed by atoms with E-state index in [1.165, 1.54) is 17.3 Å². The zero-order chi connectivity index (χ0) is 23.2. The molecule has 3 amide bonds. The number of benzene rings is 1. The van der Waals surface area contributed by atoms with Gasteiger partial charge in [-0.3, -0.25) is 19.6 Å². The fraction of sp³-hybridized carbons (Fsp3) is 0.571. The lowest BCUT2D eigenvalue weighted by Gasteiger charge is -2.46. The summed E-state index contributed by atoms with van der Waals surface area (Å²) in [5.74, 6) is -2.38. The van der Waals surface area contributed by atoms with Crippen LogP contribution in [0.3, 0.4) is 0 Å². The molecule has 4 atom stereocenters. The first-order valence-corrected chi connectivity index (χ1v) is 12.6. The number of thioether (sulfide) groups is 1. The summed E-state index contributed by atoms with van der Waals surface area (Å²) < 4.78 is 1.06. The van der Waals surface area contributed by atoms with Crippen molar-refractivity contribution in [3.63, 3.8) is 0 Å². The average Bonchev–Trinajstić information content (AvgIpc) is 2.75. The molecule has 8 nitrogen and oxygen atoms in total. The number of likely N-dealkylation sites (tertiary alicyclic amines) is 1. The van der Waals surface area contributed by atoms with Crippen molar-refractivity contribution >= 4 is 52.1 Å². The molecule has 1 saturated heterocycles. The summed E-state index contributed by atoms with van der Waals surface area (Å²) in [5, 5.41) is 23.1. The largest absolute Gasteiger partial charge is 0.379 e. The summed E-state index contributed by atoms with van der Waals surface area (Å²) in [4.78, 5) is 39.9.